The quantitative estimate of drug-likeness (QED) is 0.303. The number of methoxy groups -OCH3 is 1. The molecule has 0 saturated heterocycles. The number of hydrogen-bond donors (Lipinski definition) is 2. The van der Waals surface area contributed by atoms with Crippen molar-refractivity contribution in [1.29, 1.82) is 0 Å². The molecule has 38 heavy (non-hydrogen) atoms. The Balaban J connectivity index is 1.53. The van der Waals surface area contributed by atoms with E-state index in [0.717, 1.165) is 33.8 Å². The standard InChI is InChI=1S/C28H25Cl2N5O3/c1-17(24-5-3-4-12-32-24)33-28(36)38-27-22-16-31-15-19(13-18-6-9-21(37-2)10-7-18)26(22)35(34-27)25-11-8-20(29)14-23(25)30/h3-14,17,31H,15-16H2,1-2H3,(H,33,36)/b19-13+/t17-/m1/s1. The number of carbonyl (C=O) groups excluding carboxylic acids is 1. The minimum absolute atomic E-state index is 0.185. The van der Waals surface area contributed by atoms with Crippen molar-refractivity contribution in [1.82, 2.24) is 25.4 Å². The first-order chi connectivity index (χ1) is 18.4. The molecule has 0 radical (unpaired) electrons. The molecule has 8 nitrogen and oxygen atoms in total. The number of fused-ring (bicyclic) bond motifs is 1. The Labute approximate surface area is 230 Å². The first-order valence-electron chi connectivity index (χ1n) is 11.9. The van der Waals surface area contributed by atoms with Gasteiger partial charge < -0.3 is 20.1 Å². The van der Waals surface area contributed by atoms with Crippen LogP contribution in [0.3, 0.4) is 0 Å². The highest BCUT2D eigenvalue weighted by Crippen LogP contribution is 2.36. The van der Waals surface area contributed by atoms with E-state index in [2.05, 4.69) is 26.8 Å². The molecule has 0 saturated carbocycles. The van der Waals surface area contributed by atoms with E-state index >= 15 is 0 Å². The van der Waals surface area contributed by atoms with Gasteiger partial charge in [-0.05, 0) is 66.6 Å². The molecule has 2 aromatic carbocycles. The van der Waals surface area contributed by atoms with Gasteiger partial charge >= 0.3 is 6.09 Å². The van der Waals surface area contributed by atoms with E-state index in [9.17, 15) is 4.79 Å². The fourth-order valence-corrected chi connectivity index (χ4v) is 4.74. The summed E-state index contributed by atoms with van der Waals surface area (Å²) in [5, 5.41) is 11.8. The number of rotatable bonds is 6. The maximum atomic E-state index is 12.9. The molecule has 3 heterocycles. The summed E-state index contributed by atoms with van der Waals surface area (Å²) in [4.78, 5) is 17.2. The molecule has 2 N–H and O–H groups in total. The molecule has 1 aliphatic heterocycles. The summed E-state index contributed by atoms with van der Waals surface area (Å²) in [5.74, 6) is 0.957. The lowest BCUT2D eigenvalue weighted by Gasteiger charge is -2.20. The van der Waals surface area contributed by atoms with E-state index < -0.39 is 6.09 Å². The molecular formula is C28H25Cl2N5O3. The zero-order valence-corrected chi connectivity index (χ0v) is 22.3. The summed E-state index contributed by atoms with van der Waals surface area (Å²) in [6.45, 7) is 2.87. The van der Waals surface area contributed by atoms with E-state index in [1.54, 1.807) is 36.2 Å². The van der Waals surface area contributed by atoms with Gasteiger partial charge in [0.1, 0.15) is 5.75 Å². The van der Waals surface area contributed by atoms with Crippen LogP contribution < -0.4 is 20.1 Å². The zero-order chi connectivity index (χ0) is 26.6. The number of amides is 1. The predicted molar refractivity (Wildman–Crippen MR) is 148 cm³/mol. The van der Waals surface area contributed by atoms with Crippen molar-refractivity contribution in [2.24, 2.45) is 0 Å². The molecule has 0 aliphatic carbocycles. The molecule has 0 spiro atoms. The number of ether oxygens (including phenoxy) is 2. The van der Waals surface area contributed by atoms with Gasteiger partial charge in [-0.2, -0.15) is 0 Å². The first kappa shape index (κ1) is 25.8. The molecule has 4 aromatic rings. The second-order valence-corrected chi connectivity index (χ2v) is 9.54. The maximum absolute atomic E-state index is 12.9. The summed E-state index contributed by atoms with van der Waals surface area (Å²) < 4.78 is 12.7. The van der Waals surface area contributed by atoms with Crippen LogP contribution in [0.5, 0.6) is 11.6 Å². The molecule has 0 fully saturated rings. The molecule has 0 unspecified atom stereocenters. The number of nitrogens with zero attached hydrogens (tertiary/aromatic N) is 3. The molecule has 1 atom stereocenters. The van der Waals surface area contributed by atoms with Crippen molar-refractivity contribution in [3.8, 4) is 17.3 Å². The van der Waals surface area contributed by atoms with Crippen LogP contribution in [-0.4, -0.2) is 34.5 Å². The third-order valence-corrected chi connectivity index (χ3v) is 6.66. The summed E-state index contributed by atoms with van der Waals surface area (Å²) in [6, 6.07) is 18.1. The van der Waals surface area contributed by atoms with Crippen LogP contribution in [-0.2, 0) is 6.54 Å². The van der Waals surface area contributed by atoms with Gasteiger partial charge in [0.15, 0.2) is 0 Å². The average Bonchev–Trinajstić information content (AvgIpc) is 3.28. The zero-order valence-electron chi connectivity index (χ0n) is 20.7. The minimum atomic E-state index is -0.635. The highest BCUT2D eigenvalue weighted by Gasteiger charge is 2.28. The number of benzene rings is 2. The van der Waals surface area contributed by atoms with Crippen LogP contribution in [0.15, 0.2) is 66.9 Å². The van der Waals surface area contributed by atoms with Crippen LogP contribution >= 0.6 is 23.2 Å². The molecule has 0 bridgehead atoms. The van der Waals surface area contributed by atoms with Crippen molar-refractivity contribution in [3.63, 3.8) is 0 Å². The van der Waals surface area contributed by atoms with Crippen LogP contribution in [0.4, 0.5) is 4.79 Å². The maximum Gasteiger partial charge on any atom is 0.414 e. The van der Waals surface area contributed by atoms with Gasteiger partial charge in [-0.15, -0.1) is 5.10 Å². The number of aromatic nitrogens is 3. The molecule has 1 amide bonds. The lowest BCUT2D eigenvalue weighted by atomic mass is 10.0. The van der Waals surface area contributed by atoms with Crippen molar-refractivity contribution in [2.75, 3.05) is 13.7 Å². The number of nitrogens with one attached hydrogen (secondary N) is 2. The van der Waals surface area contributed by atoms with Crippen LogP contribution in [0.2, 0.25) is 10.0 Å². The van der Waals surface area contributed by atoms with E-state index in [0.29, 0.717) is 28.8 Å². The fraction of sp³-hybridized carbons (Fsp3) is 0.179. The average molecular weight is 550 g/mol. The van der Waals surface area contributed by atoms with E-state index in [4.69, 9.17) is 32.7 Å². The summed E-state index contributed by atoms with van der Waals surface area (Å²) >= 11 is 12.7. The van der Waals surface area contributed by atoms with Gasteiger partial charge in [-0.1, -0.05) is 41.4 Å². The Morgan fingerprint density at radius 2 is 1.95 bits per heavy atom. The van der Waals surface area contributed by atoms with Crippen molar-refractivity contribution in [2.45, 2.75) is 19.5 Å². The predicted octanol–water partition coefficient (Wildman–Crippen LogP) is 6.08. The molecular weight excluding hydrogens is 525 g/mol. The molecule has 10 heteroatoms. The largest absolute Gasteiger partial charge is 0.497 e. The Morgan fingerprint density at radius 3 is 2.66 bits per heavy atom. The number of pyridine rings is 1. The number of carbonyl (C=O) groups is 1. The smallest absolute Gasteiger partial charge is 0.414 e. The van der Waals surface area contributed by atoms with Crippen LogP contribution in [0.1, 0.15) is 35.5 Å². The third-order valence-electron chi connectivity index (χ3n) is 6.12. The van der Waals surface area contributed by atoms with E-state index in [1.807, 2.05) is 49.4 Å². The Morgan fingerprint density at radius 1 is 1.13 bits per heavy atom. The monoisotopic (exact) mass is 549 g/mol. The minimum Gasteiger partial charge on any atom is -0.497 e. The molecule has 2 aromatic heterocycles. The lowest BCUT2D eigenvalue weighted by molar-refractivity contribution is 0.194. The van der Waals surface area contributed by atoms with Gasteiger partial charge in [0.05, 0.1) is 40.8 Å². The number of hydrogen-bond acceptors (Lipinski definition) is 6. The van der Waals surface area contributed by atoms with Crippen molar-refractivity contribution < 1.29 is 14.3 Å². The Hall–Kier alpha value is -3.85. The number of halogens is 2. The molecule has 1 aliphatic rings. The van der Waals surface area contributed by atoms with Crippen LogP contribution in [0, 0.1) is 0 Å². The van der Waals surface area contributed by atoms with Gasteiger partial charge in [0.2, 0.25) is 5.88 Å². The van der Waals surface area contributed by atoms with Gasteiger partial charge in [0.25, 0.3) is 0 Å². The summed E-state index contributed by atoms with van der Waals surface area (Å²) in [5.41, 5.74) is 4.80. The van der Waals surface area contributed by atoms with Gasteiger partial charge in [-0.25, -0.2) is 9.48 Å². The topological polar surface area (TPSA) is 90.3 Å². The van der Waals surface area contributed by atoms with Gasteiger partial charge in [-0.3, -0.25) is 4.98 Å². The van der Waals surface area contributed by atoms with Crippen LogP contribution in [0.25, 0.3) is 17.3 Å². The Kier molecular flexibility index (Phi) is 7.64. The van der Waals surface area contributed by atoms with E-state index in [1.165, 1.54) is 0 Å². The SMILES string of the molecule is COc1ccc(/C=C2\CNCc3c(OC(=O)N[C@H](C)c4ccccn4)nn(-c4ccc(Cl)cc4Cl)c32)cc1. The second-order valence-electron chi connectivity index (χ2n) is 8.70. The highest BCUT2D eigenvalue weighted by molar-refractivity contribution is 6.35. The summed E-state index contributed by atoms with van der Waals surface area (Å²) in [6.07, 6.45) is 3.10. The molecule has 5 rings (SSSR count). The highest BCUT2D eigenvalue weighted by atomic mass is 35.5. The van der Waals surface area contributed by atoms with Crippen molar-refractivity contribution >= 4 is 40.9 Å². The summed E-state index contributed by atoms with van der Waals surface area (Å²) in [7, 11) is 1.63. The van der Waals surface area contributed by atoms with E-state index in [-0.39, 0.29) is 11.9 Å². The normalized spacial score (nSPS) is 14.6. The third kappa shape index (κ3) is 5.52. The molecule has 194 valence electrons. The van der Waals surface area contributed by atoms with Gasteiger partial charge in [0, 0.05) is 24.3 Å². The first-order valence-corrected chi connectivity index (χ1v) is 12.7. The second kappa shape index (κ2) is 11.3. The lowest BCUT2D eigenvalue weighted by Crippen LogP contribution is -2.30. The fourth-order valence-electron chi connectivity index (χ4n) is 4.26. The Bertz CT molecular complexity index is 1490. The van der Waals surface area contributed by atoms with Crippen molar-refractivity contribution in [3.05, 3.63) is 99.4 Å².